The first-order chi connectivity index (χ1) is 9.47. The van der Waals surface area contributed by atoms with E-state index in [2.05, 4.69) is 34.7 Å². The van der Waals surface area contributed by atoms with E-state index in [1.165, 1.54) is 0 Å². The maximum atomic E-state index is 10.1. The van der Waals surface area contributed by atoms with Crippen LogP contribution in [0.4, 0.5) is 0 Å². The van der Waals surface area contributed by atoms with Gasteiger partial charge in [-0.25, -0.2) is 0 Å². The molecule has 0 amide bonds. The van der Waals surface area contributed by atoms with Crippen molar-refractivity contribution in [2.24, 2.45) is 0 Å². The lowest BCUT2D eigenvalue weighted by Crippen LogP contribution is -2.55. The number of aliphatic hydroxyl groups is 1. The van der Waals surface area contributed by atoms with Gasteiger partial charge in [-0.1, -0.05) is 15.9 Å². The average Bonchev–Trinajstić information content (AvgIpc) is 2.40. The van der Waals surface area contributed by atoms with Gasteiger partial charge in [0.1, 0.15) is 18.5 Å². The number of nitrogens with zero attached hydrogens (tertiary/aromatic N) is 1. The number of morpholine rings is 1. The molecule has 0 saturated carbocycles. The number of hydrogen-bond acceptors (Lipinski definition) is 4. The fraction of sp³-hybridized carbons (Fsp3) is 0.600. The average molecular weight is 344 g/mol. The Labute approximate surface area is 128 Å². The van der Waals surface area contributed by atoms with E-state index in [1.807, 2.05) is 24.3 Å². The van der Waals surface area contributed by atoms with Crippen LogP contribution in [0.2, 0.25) is 0 Å². The van der Waals surface area contributed by atoms with Gasteiger partial charge in [0.25, 0.3) is 0 Å². The van der Waals surface area contributed by atoms with Gasteiger partial charge in [-0.05, 0) is 38.1 Å². The number of hydrogen-bond donors (Lipinski definition) is 1. The van der Waals surface area contributed by atoms with E-state index in [-0.39, 0.29) is 5.54 Å². The topological polar surface area (TPSA) is 41.9 Å². The molecule has 1 aliphatic heterocycles. The summed E-state index contributed by atoms with van der Waals surface area (Å²) < 4.78 is 12.1. The van der Waals surface area contributed by atoms with E-state index in [0.717, 1.165) is 23.4 Å². The highest BCUT2D eigenvalue weighted by atomic mass is 79.9. The molecule has 0 aromatic heterocycles. The van der Waals surface area contributed by atoms with E-state index < -0.39 is 6.10 Å². The van der Waals surface area contributed by atoms with E-state index in [4.69, 9.17) is 9.47 Å². The summed E-state index contributed by atoms with van der Waals surface area (Å²) in [5.74, 6) is 0.772. The van der Waals surface area contributed by atoms with Gasteiger partial charge in [-0.2, -0.15) is 0 Å². The van der Waals surface area contributed by atoms with Crippen molar-refractivity contribution >= 4 is 15.9 Å². The van der Waals surface area contributed by atoms with Crippen LogP contribution >= 0.6 is 15.9 Å². The van der Waals surface area contributed by atoms with Crippen molar-refractivity contribution in [1.29, 1.82) is 0 Å². The molecular formula is C15H22BrNO3. The zero-order chi connectivity index (χ0) is 14.6. The SMILES string of the molecule is CC1(C)COCCN1CC(O)COc1ccc(Br)cc1. The van der Waals surface area contributed by atoms with Crippen molar-refractivity contribution in [2.75, 3.05) is 32.9 Å². The van der Waals surface area contributed by atoms with Crippen molar-refractivity contribution in [1.82, 2.24) is 4.90 Å². The highest BCUT2D eigenvalue weighted by Gasteiger charge is 2.31. The molecule has 1 aromatic rings. The second kappa shape index (κ2) is 6.89. The minimum atomic E-state index is -0.504. The number of benzene rings is 1. The first kappa shape index (κ1) is 15.8. The number of halogens is 1. The fourth-order valence-electron chi connectivity index (χ4n) is 2.26. The molecule has 5 heteroatoms. The zero-order valence-corrected chi connectivity index (χ0v) is 13.6. The first-order valence-corrected chi connectivity index (χ1v) is 7.66. The Bertz CT molecular complexity index is 422. The van der Waals surface area contributed by atoms with Crippen LogP contribution in [0.1, 0.15) is 13.8 Å². The Hall–Kier alpha value is -0.620. The summed E-state index contributed by atoms with van der Waals surface area (Å²) in [7, 11) is 0. The Kier molecular flexibility index (Phi) is 5.43. The summed E-state index contributed by atoms with van der Waals surface area (Å²) in [6.07, 6.45) is -0.504. The third kappa shape index (κ3) is 4.45. The maximum Gasteiger partial charge on any atom is 0.119 e. The molecule has 1 fully saturated rings. The Morgan fingerprint density at radius 2 is 2.10 bits per heavy atom. The lowest BCUT2D eigenvalue weighted by Gasteiger charge is -2.42. The second-order valence-electron chi connectivity index (χ2n) is 5.73. The van der Waals surface area contributed by atoms with Gasteiger partial charge in [0.2, 0.25) is 0 Å². The minimum Gasteiger partial charge on any atom is -0.491 e. The fourth-order valence-corrected chi connectivity index (χ4v) is 2.52. The lowest BCUT2D eigenvalue weighted by atomic mass is 10.0. The summed E-state index contributed by atoms with van der Waals surface area (Å²) in [6.45, 7) is 7.45. The highest BCUT2D eigenvalue weighted by Crippen LogP contribution is 2.20. The van der Waals surface area contributed by atoms with Crippen LogP contribution in [0.5, 0.6) is 5.75 Å². The number of β-amino-alcohol motifs (C(OH)–C–C–N with tert-alkyl or cyclic N) is 1. The summed E-state index contributed by atoms with van der Waals surface area (Å²) in [5, 5.41) is 10.1. The Balaban J connectivity index is 1.80. The van der Waals surface area contributed by atoms with Crippen molar-refractivity contribution in [3.05, 3.63) is 28.7 Å². The van der Waals surface area contributed by atoms with Crippen LogP contribution in [0, 0.1) is 0 Å². The van der Waals surface area contributed by atoms with Gasteiger partial charge in [0, 0.05) is 23.1 Å². The quantitative estimate of drug-likeness (QED) is 0.890. The molecule has 1 aromatic carbocycles. The summed E-state index contributed by atoms with van der Waals surface area (Å²) >= 11 is 3.38. The molecule has 1 unspecified atom stereocenters. The largest absolute Gasteiger partial charge is 0.491 e. The number of ether oxygens (including phenoxy) is 2. The molecular weight excluding hydrogens is 322 g/mol. The molecule has 0 bridgehead atoms. The molecule has 0 radical (unpaired) electrons. The smallest absolute Gasteiger partial charge is 0.119 e. The van der Waals surface area contributed by atoms with Gasteiger partial charge in [-0.15, -0.1) is 0 Å². The standard InChI is InChI=1S/C15H22BrNO3/c1-15(2)11-19-8-7-17(15)9-13(18)10-20-14-5-3-12(16)4-6-14/h3-6,13,18H,7-11H2,1-2H3. The third-order valence-electron chi connectivity index (χ3n) is 3.50. The van der Waals surface area contributed by atoms with Crippen LogP contribution < -0.4 is 4.74 Å². The van der Waals surface area contributed by atoms with Gasteiger partial charge < -0.3 is 14.6 Å². The predicted octanol–water partition coefficient (Wildman–Crippen LogP) is 2.30. The van der Waals surface area contributed by atoms with Crippen LogP contribution in [0.15, 0.2) is 28.7 Å². The third-order valence-corrected chi connectivity index (χ3v) is 4.03. The van der Waals surface area contributed by atoms with Crippen molar-refractivity contribution in [3.63, 3.8) is 0 Å². The summed E-state index contributed by atoms with van der Waals surface area (Å²) in [4.78, 5) is 2.26. The molecule has 112 valence electrons. The van der Waals surface area contributed by atoms with Crippen LogP contribution in [-0.2, 0) is 4.74 Å². The van der Waals surface area contributed by atoms with E-state index in [0.29, 0.717) is 19.8 Å². The predicted molar refractivity (Wildman–Crippen MR) is 82.1 cm³/mol. The van der Waals surface area contributed by atoms with Crippen LogP contribution in [0.3, 0.4) is 0 Å². The van der Waals surface area contributed by atoms with Crippen molar-refractivity contribution < 1.29 is 14.6 Å². The molecule has 1 atom stereocenters. The normalized spacial score (nSPS) is 20.6. The second-order valence-corrected chi connectivity index (χ2v) is 6.65. The van der Waals surface area contributed by atoms with E-state index >= 15 is 0 Å². The van der Waals surface area contributed by atoms with E-state index in [1.54, 1.807) is 0 Å². The maximum absolute atomic E-state index is 10.1. The first-order valence-electron chi connectivity index (χ1n) is 6.86. The Morgan fingerprint density at radius 3 is 2.75 bits per heavy atom. The highest BCUT2D eigenvalue weighted by molar-refractivity contribution is 9.10. The van der Waals surface area contributed by atoms with Crippen LogP contribution in [-0.4, -0.2) is 54.6 Å². The Morgan fingerprint density at radius 1 is 1.40 bits per heavy atom. The molecule has 20 heavy (non-hydrogen) atoms. The van der Waals surface area contributed by atoms with Gasteiger partial charge in [0.05, 0.1) is 13.2 Å². The van der Waals surface area contributed by atoms with Gasteiger partial charge >= 0.3 is 0 Å². The van der Waals surface area contributed by atoms with Crippen molar-refractivity contribution in [3.8, 4) is 5.75 Å². The summed E-state index contributed by atoms with van der Waals surface area (Å²) in [6, 6.07) is 7.62. The van der Waals surface area contributed by atoms with E-state index in [9.17, 15) is 5.11 Å². The monoisotopic (exact) mass is 343 g/mol. The molecule has 1 heterocycles. The van der Waals surface area contributed by atoms with Crippen LogP contribution in [0.25, 0.3) is 0 Å². The van der Waals surface area contributed by atoms with Crippen molar-refractivity contribution in [2.45, 2.75) is 25.5 Å². The molecule has 2 rings (SSSR count). The molecule has 1 aliphatic rings. The minimum absolute atomic E-state index is 0.0309. The number of aliphatic hydroxyl groups excluding tert-OH is 1. The zero-order valence-electron chi connectivity index (χ0n) is 12.0. The summed E-state index contributed by atoms with van der Waals surface area (Å²) in [5.41, 5.74) is -0.0309. The molecule has 1 saturated heterocycles. The lowest BCUT2D eigenvalue weighted by molar-refractivity contribution is -0.0703. The molecule has 0 aliphatic carbocycles. The molecule has 1 N–H and O–H groups in total. The van der Waals surface area contributed by atoms with Gasteiger partial charge in [0.15, 0.2) is 0 Å². The molecule has 0 spiro atoms. The number of rotatable bonds is 5. The molecule has 4 nitrogen and oxygen atoms in total. The van der Waals surface area contributed by atoms with Gasteiger partial charge in [-0.3, -0.25) is 4.90 Å².